The van der Waals surface area contributed by atoms with E-state index < -0.39 is 41.5 Å². The summed E-state index contributed by atoms with van der Waals surface area (Å²) in [6.07, 6.45) is 2.75. The standard InChI is InChI=1S/C26H39Cl2N3O5SSi2/c1-15(2)38(16(3)4)32-13-20-23(35-39(36-38,17(5)6)18(7)8)24(34-26(37)31-12-11-29-14-31)22(33-20)19-9-10-21(27)30-25(19)28/h9-12,14-18,20,22-24H,13H2,1-8H3/t20-,22+,23-,24+/m1/s1. The van der Waals surface area contributed by atoms with E-state index in [9.17, 15) is 0 Å². The fraction of sp³-hybridized carbons (Fsp3) is 0.654. The summed E-state index contributed by atoms with van der Waals surface area (Å²) in [5, 5.41) is 0.764. The molecule has 39 heavy (non-hydrogen) atoms. The normalized spacial score (nSPS) is 26.6. The van der Waals surface area contributed by atoms with Crippen LogP contribution >= 0.6 is 35.4 Å². The van der Waals surface area contributed by atoms with E-state index in [0.29, 0.717) is 17.3 Å². The zero-order valence-corrected chi connectivity index (χ0v) is 28.1. The van der Waals surface area contributed by atoms with E-state index in [1.165, 1.54) is 0 Å². The quantitative estimate of drug-likeness (QED) is 0.188. The Morgan fingerprint density at radius 3 is 2.21 bits per heavy atom. The Bertz CT molecular complexity index is 1140. The average Bonchev–Trinajstić information content (AvgIpc) is 3.48. The molecule has 0 amide bonds. The molecule has 4 atom stereocenters. The van der Waals surface area contributed by atoms with Gasteiger partial charge in [0.05, 0.1) is 6.61 Å². The zero-order valence-electron chi connectivity index (χ0n) is 23.8. The van der Waals surface area contributed by atoms with Crippen molar-refractivity contribution in [3.63, 3.8) is 0 Å². The van der Waals surface area contributed by atoms with Crippen molar-refractivity contribution in [3.05, 3.63) is 46.7 Å². The summed E-state index contributed by atoms with van der Waals surface area (Å²) in [5.41, 5.74) is 1.37. The van der Waals surface area contributed by atoms with Crippen LogP contribution < -0.4 is 0 Å². The first-order valence-corrected chi connectivity index (χ1v) is 18.6. The second-order valence-corrected chi connectivity index (χ2v) is 21.4. The molecule has 8 nitrogen and oxygen atoms in total. The minimum atomic E-state index is -2.93. The topological polar surface area (TPSA) is 76.9 Å². The van der Waals surface area contributed by atoms with Crippen molar-refractivity contribution in [1.82, 2.24) is 14.5 Å². The van der Waals surface area contributed by atoms with Crippen molar-refractivity contribution >= 4 is 57.7 Å². The summed E-state index contributed by atoms with van der Waals surface area (Å²) in [6, 6.07) is 3.50. The van der Waals surface area contributed by atoms with Gasteiger partial charge in [-0.25, -0.2) is 9.97 Å². The van der Waals surface area contributed by atoms with Crippen LogP contribution in [0.3, 0.4) is 0 Å². The number of halogens is 2. The van der Waals surface area contributed by atoms with Crippen LogP contribution in [0.25, 0.3) is 0 Å². The van der Waals surface area contributed by atoms with Gasteiger partial charge in [-0.15, -0.1) is 0 Å². The maximum Gasteiger partial charge on any atom is 0.335 e. The van der Waals surface area contributed by atoms with E-state index in [1.54, 1.807) is 29.4 Å². The molecule has 0 aliphatic carbocycles. The Hall–Kier alpha value is -0.896. The molecule has 13 heteroatoms. The summed E-state index contributed by atoms with van der Waals surface area (Å²) in [7, 11) is -5.67. The van der Waals surface area contributed by atoms with Crippen LogP contribution in [-0.4, -0.2) is 61.8 Å². The maximum atomic E-state index is 7.34. The Morgan fingerprint density at radius 1 is 1.03 bits per heavy atom. The first kappa shape index (κ1) is 31.0. The SMILES string of the molecule is CC(C)[Si]1(C(C)C)OC[C@H]2O[C@@H](c3ccc(Cl)nc3Cl)[C@H](OC(=S)n3ccnc3)[C@@H]2O[Si](C(C)C)(C(C)C)O1. The van der Waals surface area contributed by atoms with Gasteiger partial charge < -0.3 is 22.4 Å². The van der Waals surface area contributed by atoms with Gasteiger partial charge in [0.1, 0.15) is 34.9 Å². The molecule has 2 aliphatic heterocycles. The minimum Gasteiger partial charge on any atom is -0.461 e. The molecule has 0 spiro atoms. The summed E-state index contributed by atoms with van der Waals surface area (Å²) >= 11 is 18.4. The van der Waals surface area contributed by atoms with Gasteiger partial charge in [-0.1, -0.05) is 84.7 Å². The summed E-state index contributed by atoms with van der Waals surface area (Å²) in [4.78, 5) is 8.36. The Kier molecular flexibility index (Phi) is 9.67. The van der Waals surface area contributed by atoms with Crippen LogP contribution in [0.1, 0.15) is 67.1 Å². The van der Waals surface area contributed by atoms with Crippen molar-refractivity contribution in [3.8, 4) is 0 Å². The molecule has 216 valence electrons. The van der Waals surface area contributed by atoms with Gasteiger partial charge in [-0.2, -0.15) is 0 Å². The molecule has 2 aromatic heterocycles. The Labute approximate surface area is 249 Å². The smallest absolute Gasteiger partial charge is 0.335 e. The lowest BCUT2D eigenvalue weighted by molar-refractivity contribution is -0.0390. The van der Waals surface area contributed by atoms with Gasteiger partial charge >= 0.3 is 17.1 Å². The van der Waals surface area contributed by atoms with E-state index in [1.807, 2.05) is 6.07 Å². The molecule has 0 radical (unpaired) electrons. The fourth-order valence-electron chi connectivity index (χ4n) is 5.70. The number of pyridine rings is 1. The van der Waals surface area contributed by atoms with E-state index in [4.69, 9.17) is 57.9 Å². The lowest BCUT2D eigenvalue weighted by Crippen LogP contribution is -2.66. The molecule has 0 aromatic carbocycles. The molecule has 4 heterocycles. The third-order valence-electron chi connectivity index (χ3n) is 7.74. The van der Waals surface area contributed by atoms with Gasteiger partial charge in [0.15, 0.2) is 6.10 Å². The summed E-state index contributed by atoms with van der Waals surface area (Å²) in [5.74, 6) is 0. The van der Waals surface area contributed by atoms with Crippen molar-refractivity contribution in [2.75, 3.05) is 6.61 Å². The molecule has 2 fully saturated rings. The van der Waals surface area contributed by atoms with E-state index in [-0.39, 0.29) is 32.5 Å². The Balaban J connectivity index is 1.83. The number of hydrogen-bond acceptors (Lipinski definition) is 8. The summed E-state index contributed by atoms with van der Waals surface area (Å²) in [6.45, 7) is 17.8. The zero-order chi connectivity index (χ0) is 28.7. The monoisotopic (exact) mass is 631 g/mol. The van der Waals surface area contributed by atoms with Crippen LogP contribution in [0.2, 0.25) is 32.5 Å². The average molecular weight is 633 g/mol. The molecular formula is C26H39Cl2N3O5SSi2. The van der Waals surface area contributed by atoms with E-state index >= 15 is 0 Å². The highest BCUT2D eigenvalue weighted by molar-refractivity contribution is 7.80. The van der Waals surface area contributed by atoms with Gasteiger partial charge in [0.2, 0.25) is 0 Å². The second-order valence-electron chi connectivity index (χ2n) is 11.5. The van der Waals surface area contributed by atoms with Crippen LogP contribution in [-0.2, 0) is 22.4 Å². The third-order valence-corrected chi connectivity index (χ3v) is 18.8. The number of nitrogens with zero attached hydrogens (tertiary/aromatic N) is 3. The maximum absolute atomic E-state index is 7.34. The summed E-state index contributed by atoms with van der Waals surface area (Å²) < 4.78 is 36.3. The van der Waals surface area contributed by atoms with Crippen LogP contribution in [0, 0.1) is 0 Å². The number of fused-ring (bicyclic) bond motifs is 1. The van der Waals surface area contributed by atoms with E-state index in [0.717, 1.165) is 0 Å². The lowest BCUT2D eigenvalue weighted by Gasteiger charge is -2.51. The number of aromatic nitrogens is 3. The number of imidazole rings is 1. The number of hydrogen-bond donors (Lipinski definition) is 0. The molecular weight excluding hydrogens is 593 g/mol. The van der Waals surface area contributed by atoms with Gasteiger partial charge in [-0.05, 0) is 40.4 Å². The lowest BCUT2D eigenvalue weighted by atomic mass is 10.0. The molecule has 0 bridgehead atoms. The predicted octanol–water partition coefficient (Wildman–Crippen LogP) is 7.20. The van der Waals surface area contributed by atoms with Crippen molar-refractivity contribution in [1.29, 1.82) is 0 Å². The van der Waals surface area contributed by atoms with Gasteiger partial charge in [-0.3, -0.25) is 4.57 Å². The van der Waals surface area contributed by atoms with Gasteiger partial charge in [0.25, 0.3) is 5.17 Å². The van der Waals surface area contributed by atoms with Crippen molar-refractivity contribution in [2.24, 2.45) is 0 Å². The molecule has 0 unspecified atom stereocenters. The highest BCUT2D eigenvalue weighted by Crippen LogP contribution is 2.50. The molecule has 2 aromatic rings. The Morgan fingerprint density at radius 2 is 1.67 bits per heavy atom. The molecule has 4 rings (SSSR count). The molecule has 2 saturated heterocycles. The van der Waals surface area contributed by atoms with Crippen molar-refractivity contribution in [2.45, 2.75) is 102 Å². The van der Waals surface area contributed by atoms with Crippen LogP contribution in [0.5, 0.6) is 0 Å². The van der Waals surface area contributed by atoms with Crippen molar-refractivity contribution < 1.29 is 22.4 Å². The largest absolute Gasteiger partial charge is 0.461 e. The molecule has 0 saturated carbocycles. The fourth-order valence-corrected chi connectivity index (χ4v) is 17.6. The predicted molar refractivity (Wildman–Crippen MR) is 161 cm³/mol. The second kappa shape index (κ2) is 12.1. The molecule has 0 N–H and O–H groups in total. The van der Waals surface area contributed by atoms with Crippen LogP contribution in [0.15, 0.2) is 30.9 Å². The highest BCUT2D eigenvalue weighted by Gasteiger charge is 2.62. The number of rotatable bonds is 6. The van der Waals surface area contributed by atoms with Crippen LogP contribution in [0.4, 0.5) is 0 Å². The van der Waals surface area contributed by atoms with E-state index in [2.05, 4.69) is 65.4 Å². The number of ether oxygens (including phenoxy) is 2. The highest BCUT2D eigenvalue weighted by atomic mass is 35.5. The first-order valence-electron chi connectivity index (χ1n) is 13.5. The third kappa shape index (κ3) is 5.89. The molecule has 2 aliphatic rings. The minimum absolute atomic E-state index is 0.144. The van der Waals surface area contributed by atoms with Gasteiger partial charge in [0, 0.05) is 18.0 Å². The number of thiocarbonyl (C=S) groups is 1. The first-order chi connectivity index (χ1) is 18.3.